The Bertz CT molecular complexity index is 376. The first-order valence-corrected chi connectivity index (χ1v) is 7.43. The summed E-state index contributed by atoms with van der Waals surface area (Å²) in [5, 5.41) is 0. The first-order valence-electron chi connectivity index (χ1n) is 7.43. The summed E-state index contributed by atoms with van der Waals surface area (Å²) < 4.78 is 10.8. The van der Waals surface area contributed by atoms with Crippen LogP contribution in [0.15, 0.2) is 0 Å². The van der Waals surface area contributed by atoms with Gasteiger partial charge in [-0.3, -0.25) is 9.59 Å². The predicted octanol–water partition coefficient (Wildman–Crippen LogP) is 1.60. The van der Waals surface area contributed by atoms with Crippen molar-refractivity contribution in [2.75, 3.05) is 19.7 Å². The van der Waals surface area contributed by atoms with E-state index in [1.807, 2.05) is 20.8 Å². The van der Waals surface area contributed by atoms with Gasteiger partial charge in [0, 0.05) is 13.1 Å². The number of likely N-dealkylation sites (tertiary alicyclic amines) is 1. The van der Waals surface area contributed by atoms with Crippen LogP contribution in [0.5, 0.6) is 0 Å². The lowest BCUT2D eigenvalue weighted by molar-refractivity contribution is -0.164. The van der Waals surface area contributed by atoms with Gasteiger partial charge in [0.25, 0.3) is 0 Å². The molecule has 2 aliphatic heterocycles. The van der Waals surface area contributed by atoms with Gasteiger partial charge in [-0.25, -0.2) is 0 Å². The molecular weight excluding hydrogens is 258 g/mol. The fourth-order valence-corrected chi connectivity index (χ4v) is 3.03. The molecule has 1 amide bonds. The second kappa shape index (κ2) is 5.72. The van der Waals surface area contributed by atoms with Crippen LogP contribution >= 0.6 is 0 Å². The number of rotatable bonds is 3. The highest BCUT2D eigenvalue weighted by Gasteiger charge is 2.44. The highest BCUT2D eigenvalue weighted by atomic mass is 16.5. The van der Waals surface area contributed by atoms with Gasteiger partial charge in [0.05, 0.1) is 18.8 Å². The maximum atomic E-state index is 12.7. The van der Waals surface area contributed by atoms with Gasteiger partial charge in [-0.1, -0.05) is 20.8 Å². The van der Waals surface area contributed by atoms with Crippen molar-refractivity contribution in [2.45, 2.75) is 52.7 Å². The van der Waals surface area contributed by atoms with Crippen molar-refractivity contribution in [2.24, 2.45) is 11.3 Å². The summed E-state index contributed by atoms with van der Waals surface area (Å²) >= 11 is 0. The van der Waals surface area contributed by atoms with Crippen molar-refractivity contribution in [3.63, 3.8) is 0 Å². The SMILES string of the molecule is CCOC(=O)C(C(=O)N1CC2CCC(C1)O2)C(C)(C)C. The Morgan fingerprint density at radius 2 is 1.80 bits per heavy atom. The van der Waals surface area contributed by atoms with Gasteiger partial charge in [0.15, 0.2) is 0 Å². The van der Waals surface area contributed by atoms with Gasteiger partial charge in [-0.05, 0) is 25.2 Å². The van der Waals surface area contributed by atoms with Gasteiger partial charge in [-0.15, -0.1) is 0 Å². The quantitative estimate of drug-likeness (QED) is 0.583. The molecular formula is C15H25NO4. The van der Waals surface area contributed by atoms with Crippen LogP contribution in [0.4, 0.5) is 0 Å². The predicted molar refractivity (Wildman–Crippen MR) is 74.1 cm³/mol. The van der Waals surface area contributed by atoms with E-state index in [0.29, 0.717) is 19.7 Å². The van der Waals surface area contributed by atoms with Crippen molar-refractivity contribution in [1.82, 2.24) is 4.90 Å². The second-order valence-corrected chi connectivity index (χ2v) is 6.75. The molecule has 2 bridgehead atoms. The molecule has 0 spiro atoms. The molecule has 2 rings (SSSR count). The molecule has 5 heteroatoms. The van der Waals surface area contributed by atoms with Crippen molar-refractivity contribution in [3.8, 4) is 0 Å². The third kappa shape index (κ3) is 3.14. The van der Waals surface area contributed by atoms with Crippen LogP contribution < -0.4 is 0 Å². The van der Waals surface area contributed by atoms with Crippen molar-refractivity contribution in [3.05, 3.63) is 0 Å². The number of nitrogens with zero attached hydrogens (tertiary/aromatic N) is 1. The third-order valence-electron chi connectivity index (χ3n) is 3.99. The molecule has 20 heavy (non-hydrogen) atoms. The van der Waals surface area contributed by atoms with E-state index in [1.165, 1.54) is 0 Å². The maximum Gasteiger partial charge on any atom is 0.319 e. The van der Waals surface area contributed by atoms with Crippen LogP contribution in [-0.2, 0) is 19.1 Å². The zero-order chi connectivity index (χ0) is 14.9. The Kier molecular flexibility index (Phi) is 4.37. The summed E-state index contributed by atoms with van der Waals surface area (Å²) in [5.74, 6) is -1.26. The van der Waals surface area contributed by atoms with Gasteiger partial charge in [-0.2, -0.15) is 0 Å². The van der Waals surface area contributed by atoms with E-state index in [4.69, 9.17) is 9.47 Å². The summed E-state index contributed by atoms with van der Waals surface area (Å²) in [7, 11) is 0. The number of esters is 1. The standard InChI is InChI=1S/C15H25NO4/c1-5-19-14(18)12(15(2,3)4)13(17)16-8-10-6-7-11(9-16)20-10/h10-12H,5-9H2,1-4H3. The fourth-order valence-electron chi connectivity index (χ4n) is 3.03. The van der Waals surface area contributed by atoms with Crippen molar-refractivity contribution in [1.29, 1.82) is 0 Å². The zero-order valence-electron chi connectivity index (χ0n) is 12.8. The molecule has 0 aromatic carbocycles. The molecule has 0 aromatic heterocycles. The summed E-state index contributed by atoms with van der Waals surface area (Å²) in [4.78, 5) is 26.7. The Balaban J connectivity index is 2.12. The monoisotopic (exact) mass is 283 g/mol. The van der Waals surface area contributed by atoms with E-state index >= 15 is 0 Å². The van der Waals surface area contributed by atoms with Crippen LogP contribution in [0.1, 0.15) is 40.5 Å². The van der Waals surface area contributed by atoms with Crippen LogP contribution in [-0.4, -0.2) is 48.7 Å². The highest BCUT2D eigenvalue weighted by Crippen LogP contribution is 2.32. The van der Waals surface area contributed by atoms with Crippen LogP contribution in [0.2, 0.25) is 0 Å². The number of ether oxygens (including phenoxy) is 2. The van der Waals surface area contributed by atoms with Crippen LogP contribution in [0.3, 0.4) is 0 Å². The zero-order valence-corrected chi connectivity index (χ0v) is 12.8. The number of fused-ring (bicyclic) bond motifs is 2. The lowest BCUT2D eigenvalue weighted by Crippen LogP contribution is -2.52. The molecule has 0 saturated carbocycles. The van der Waals surface area contributed by atoms with Gasteiger partial charge in [0.1, 0.15) is 5.92 Å². The smallest absolute Gasteiger partial charge is 0.319 e. The van der Waals surface area contributed by atoms with E-state index in [-0.39, 0.29) is 18.1 Å². The fraction of sp³-hybridized carbons (Fsp3) is 0.867. The van der Waals surface area contributed by atoms with E-state index in [1.54, 1.807) is 11.8 Å². The van der Waals surface area contributed by atoms with Crippen molar-refractivity contribution < 1.29 is 19.1 Å². The maximum absolute atomic E-state index is 12.7. The molecule has 0 radical (unpaired) electrons. The molecule has 3 atom stereocenters. The molecule has 114 valence electrons. The third-order valence-corrected chi connectivity index (χ3v) is 3.99. The highest BCUT2D eigenvalue weighted by molar-refractivity contribution is 5.98. The number of amides is 1. The number of morpholine rings is 1. The van der Waals surface area contributed by atoms with E-state index in [9.17, 15) is 9.59 Å². The lowest BCUT2D eigenvalue weighted by atomic mass is 9.79. The van der Waals surface area contributed by atoms with Gasteiger partial charge >= 0.3 is 5.97 Å². The Morgan fingerprint density at radius 3 is 2.25 bits per heavy atom. The van der Waals surface area contributed by atoms with E-state index in [2.05, 4.69) is 0 Å². The average Bonchev–Trinajstić information content (AvgIpc) is 2.66. The molecule has 2 fully saturated rings. The summed E-state index contributed by atoms with van der Waals surface area (Å²) in [5.41, 5.74) is -0.444. The molecule has 3 unspecified atom stereocenters. The molecule has 0 aliphatic carbocycles. The van der Waals surface area contributed by atoms with Gasteiger partial charge in [0.2, 0.25) is 5.91 Å². The summed E-state index contributed by atoms with van der Waals surface area (Å²) in [6.45, 7) is 8.97. The van der Waals surface area contributed by atoms with E-state index < -0.39 is 17.3 Å². The van der Waals surface area contributed by atoms with Crippen LogP contribution in [0, 0.1) is 11.3 Å². The minimum atomic E-state index is -0.736. The second-order valence-electron chi connectivity index (χ2n) is 6.75. The molecule has 0 N–H and O–H groups in total. The lowest BCUT2D eigenvalue weighted by Gasteiger charge is -2.37. The molecule has 2 heterocycles. The molecule has 2 aliphatic rings. The normalized spacial score (nSPS) is 27.3. The molecule has 0 aromatic rings. The molecule has 5 nitrogen and oxygen atoms in total. The number of carbonyl (C=O) groups excluding carboxylic acids is 2. The molecule has 2 saturated heterocycles. The first-order chi connectivity index (χ1) is 9.32. The Hall–Kier alpha value is -1.10. The number of hydrogen-bond donors (Lipinski definition) is 0. The average molecular weight is 283 g/mol. The van der Waals surface area contributed by atoms with Crippen molar-refractivity contribution >= 4 is 11.9 Å². The first kappa shape index (κ1) is 15.3. The number of carbonyl (C=O) groups is 2. The van der Waals surface area contributed by atoms with E-state index in [0.717, 1.165) is 12.8 Å². The topological polar surface area (TPSA) is 55.8 Å². The summed E-state index contributed by atoms with van der Waals surface area (Å²) in [6, 6.07) is 0. The largest absolute Gasteiger partial charge is 0.465 e. The number of hydrogen-bond acceptors (Lipinski definition) is 4. The van der Waals surface area contributed by atoms with Gasteiger partial charge < -0.3 is 14.4 Å². The summed E-state index contributed by atoms with van der Waals surface area (Å²) in [6.07, 6.45) is 2.29. The Morgan fingerprint density at radius 1 is 1.25 bits per heavy atom. The minimum absolute atomic E-state index is 0.115. The van der Waals surface area contributed by atoms with Crippen LogP contribution in [0.25, 0.3) is 0 Å². The minimum Gasteiger partial charge on any atom is -0.465 e. The Labute approximate surface area is 120 Å².